The van der Waals surface area contributed by atoms with Gasteiger partial charge in [-0.3, -0.25) is 0 Å². The molecule has 1 saturated carbocycles. The van der Waals surface area contributed by atoms with Crippen molar-refractivity contribution in [1.29, 1.82) is 0 Å². The number of nitrogens with one attached hydrogen (secondary N) is 1. The summed E-state index contributed by atoms with van der Waals surface area (Å²) in [6.07, 6.45) is 3.57. The minimum absolute atomic E-state index is 0.618. The normalized spacial score (nSPS) is 14.2. The topological polar surface area (TPSA) is 37.8 Å². The summed E-state index contributed by atoms with van der Waals surface area (Å²) in [6, 6.07) is 8.22. The first kappa shape index (κ1) is 15.0. The molecule has 21 heavy (non-hydrogen) atoms. The molecule has 1 aromatic carbocycles. The molecule has 0 atom stereocenters. The van der Waals surface area contributed by atoms with E-state index in [0.29, 0.717) is 5.92 Å². The second-order valence-electron chi connectivity index (χ2n) is 5.33. The minimum Gasteiger partial charge on any atom is -0.370 e. The van der Waals surface area contributed by atoms with Crippen LogP contribution in [0.15, 0.2) is 33.2 Å². The summed E-state index contributed by atoms with van der Waals surface area (Å²) in [5.74, 6) is 2.35. The first-order chi connectivity index (χ1) is 10.2. The van der Waals surface area contributed by atoms with Crippen LogP contribution in [0, 0.1) is 0 Å². The molecule has 3 nitrogen and oxygen atoms in total. The van der Waals surface area contributed by atoms with Crippen LogP contribution < -0.4 is 5.32 Å². The molecule has 1 N–H and O–H groups in total. The molecule has 2 aromatic rings. The number of halogens is 2. The van der Waals surface area contributed by atoms with E-state index < -0.39 is 0 Å². The molecule has 1 fully saturated rings. The fraction of sp³-hybridized carbons (Fsp3) is 0.375. The molecule has 1 aliphatic carbocycles. The number of hydrogen-bond donors (Lipinski definition) is 1. The quantitative estimate of drug-likeness (QED) is 0.719. The van der Waals surface area contributed by atoms with Gasteiger partial charge in [0.25, 0.3) is 0 Å². The molecule has 0 spiro atoms. The number of aromatic nitrogens is 2. The van der Waals surface area contributed by atoms with Gasteiger partial charge in [-0.05, 0) is 69.3 Å². The monoisotopic (exact) mass is 409 g/mol. The Balaban J connectivity index is 1.99. The van der Waals surface area contributed by atoms with Crippen LogP contribution in [0.5, 0.6) is 0 Å². The van der Waals surface area contributed by atoms with Crippen LogP contribution in [0.2, 0.25) is 0 Å². The summed E-state index contributed by atoms with van der Waals surface area (Å²) in [7, 11) is 0. The van der Waals surface area contributed by atoms with Crippen LogP contribution in [-0.4, -0.2) is 16.5 Å². The van der Waals surface area contributed by atoms with Crippen molar-refractivity contribution in [2.75, 3.05) is 11.9 Å². The molecule has 3 rings (SSSR count). The molecule has 0 radical (unpaired) electrons. The van der Waals surface area contributed by atoms with Crippen molar-refractivity contribution < 1.29 is 0 Å². The van der Waals surface area contributed by atoms with E-state index in [1.165, 1.54) is 12.8 Å². The summed E-state index contributed by atoms with van der Waals surface area (Å²) in [4.78, 5) is 9.42. The lowest BCUT2D eigenvalue weighted by molar-refractivity contribution is 0.948. The van der Waals surface area contributed by atoms with Crippen LogP contribution in [-0.2, 0) is 0 Å². The van der Waals surface area contributed by atoms with E-state index in [2.05, 4.69) is 61.2 Å². The molecule has 0 aliphatic heterocycles. The molecular formula is C16H17Br2N3. The van der Waals surface area contributed by atoms with Gasteiger partial charge in [0.15, 0.2) is 5.82 Å². The Bertz CT molecular complexity index is 654. The summed E-state index contributed by atoms with van der Waals surface area (Å²) in [5, 5.41) is 3.38. The molecule has 0 amide bonds. The molecular weight excluding hydrogens is 394 g/mol. The highest BCUT2D eigenvalue weighted by Gasteiger charge is 2.26. The van der Waals surface area contributed by atoms with Crippen molar-refractivity contribution in [2.24, 2.45) is 0 Å². The predicted molar refractivity (Wildman–Crippen MR) is 93.6 cm³/mol. The maximum absolute atomic E-state index is 4.76. The smallest absolute Gasteiger partial charge is 0.161 e. The molecule has 1 aliphatic rings. The average molecular weight is 411 g/mol. The highest BCUT2D eigenvalue weighted by molar-refractivity contribution is 9.13. The van der Waals surface area contributed by atoms with Gasteiger partial charge in [0.2, 0.25) is 0 Å². The summed E-state index contributed by atoms with van der Waals surface area (Å²) < 4.78 is 2.05. The van der Waals surface area contributed by atoms with Gasteiger partial charge >= 0.3 is 0 Å². The van der Waals surface area contributed by atoms with Crippen molar-refractivity contribution in [3.63, 3.8) is 0 Å². The molecule has 0 bridgehead atoms. The Morgan fingerprint density at radius 1 is 1.14 bits per heavy atom. The maximum Gasteiger partial charge on any atom is 0.161 e. The third-order valence-electron chi connectivity index (χ3n) is 3.48. The van der Waals surface area contributed by atoms with E-state index in [4.69, 9.17) is 4.98 Å². The summed E-state index contributed by atoms with van der Waals surface area (Å²) in [5.41, 5.74) is 2.20. The van der Waals surface area contributed by atoms with Crippen molar-refractivity contribution >= 4 is 37.7 Å². The fourth-order valence-corrected chi connectivity index (χ4v) is 2.79. The Labute approximate surface area is 141 Å². The van der Waals surface area contributed by atoms with E-state index in [1.54, 1.807) is 0 Å². The lowest BCUT2D eigenvalue weighted by Gasteiger charge is -2.10. The van der Waals surface area contributed by atoms with Gasteiger partial charge in [-0.2, -0.15) is 0 Å². The Morgan fingerprint density at radius 2 is 1.95 bits per heavy atom. The first-order valence-corrected chi connectivity index (χ1v) is 8.84. The number of rotatable bonds is 5. The lowest BCUT2D eigenvalue weighted by atomic mass is 10.2. The van der Waals surface area contributed by atoms with Gasteiger partial charge in [-0.15, -0.1) is 0 Å². The van der Waals surface area contributed by atoms with Crippen molar-refractivity contribution in [3.8, 4) is 11.4 Å². The second-order valence-corrected chi connectivity index (χ2v) is 7.04. The van der Waals surface area contributed by atoms with Gasteiger partial charge < -0.3 is 5.32 Å². The van der Waals surface area contributed by atoms with Gasteiger partial charge in [0, 0.05) is 38.7 Å². The van der Waals surface area contributed by atoms with E-state index in [9.17, 15) is 0 Å². The maximum atomic E-state index is 4.76. The van der Waals surface area contributed by atoms with Gasteiger partial charge in [0.1, 0.15) is 5.82 Å². The van der Waals surface area contributed by atoms with Crippen LogP contribution in [0.3, 0.4) is 0 Å². The van der Waals surface area contributed by atoms with Crippen molar-refractivity contribution in [1.82, 2.24) is 9.97 Å². The first-order valence-electron chi connectivity index (χ1n) is 7.25. The number of hydrogen-bond acceptors (Lipinski definition) is 3. The lowest BCUT2D eigenvalue weighted by Crippen LogP contribution is -2.05. The standard InChI is InChI=1S/C16H17Br2N3/c1-2-7-19-15-9-14(10-3-4-10)20-16(21-15)11-5-6-12(17)13(18)8-11/h5-6,8-10H,2-4,7H2,1H3,(H,19,20,21). The van der Waals surface area contributed by atoms with Gasteiger partial charge in [-0.1, -0.05) is 6.92 Å². The van der Waals surface area contributed by atoms with E-state index in [1.807, 2.05) is 12.1 Å². The Hall–Kier alpha value is -0.940. The van der Waals surface area contributed by atoms with Crippen molar-refractivity contribution in [2.45, 2.75) is 32.1 Å². The highest BCUT2D eigenvalue weighted by Crippen LogP contribution is 2.40. The second kappa shape index (κ2) is 6.44. The summed E-state index contributed by atoms with van der Waals surface area (Å²) >= 11 is 7.04. The third-order valence-corrected chi connectivity index (χ3v) is 5.36. The predicted octanol–water partition coefficient (Wildman–Crippen LogP) is 5.37. The van der Waals surface area contributed by atoms with Crippen LogP contribution in [0.25, 0.3) is 11.4 Å². The van der Waals surface area contributed by atoms with Crippen molar-refractivity contribution in [3.05, 3.63) is 38.9 Å². The zero-order valence-corrected chi connectivity index (χ0v) is 15.0. The van der Waals surface area contributed by atoms with E-state index in [0.717, 1.165) is 44.8 Å². The third kappa shape index (κ3) is 3.64. The Morgan fingerprint density at radius 3 is 2.62 bits per heavy atom. The Kier molecular flexibility index (Phi) is 4.60. The average Bonchev–Trinajstić information content (AvgIpc) is 3.32. The summed E-state index contributed by atoms with van der Waals surface area (Å²) in [6.45, 7) is 3.09. The van der Waals surface area contributed by atoms with Crippen LogP contribution in [0.4, 0.5) is 5.82 Å². The van der Waals surface area contributed by atoms with E-state index >= 15 is 0 Å². The van der Waals surface area contributed by atoms with Crippen LogP contribution in [0.1, 0.15) is 37.8 Å². The molecule has 0 saturated heterocycles. The van der Waals surface area contributed by atoms with Gasteiger partial charge in [0.05, 0.1) is 0 Å². The molecule has 5 heteroatoms. The molecule has 110 valence electrons. The minimum atomic E-state index is 0.618. The SMILES string of the molecule is CCCNc1cc(C2CC2)nc(-c2ccc(Br)c(Br)c2)n1. The van der Waals surface area contributed by atoms with Gasteiger partial charge in [-0.25, -0.2) is 9.97 Å². The molecule has 1 heterocycles. The van der Waals surface area contributed by atoms with Crippen LogP contribution >= 0.6 is 31.9 Å². The zero-order valence-electron chi connectivity index (χ0n) is 11.9. The largest absolute Gasteiger partial charge is 0.370 e. The number of nitrogens with zero attached hydrogens (tertiary/aromatic N) is 2. The molecule has 0 unspecified atom stereocenters. The fourth-order valence-electron chi connectivity index (χ4n) is 2.16. The zero-order chi connectivity index (χ0) is 14.8. The number of benzene rings is 1. The molecule has 1 aromatic heterocycles. The highest BCUT2D eigenvalue weighted by atomic mass is 79.9. The van der Waals surface area contributed by atoms with E-state index in [-0.39, 0.29) is 0 Å². The number of anilines is 1.